The van der Waals surface area contributed by atoms with Crippen molar-refractivity contribution in [3.8, 4) is 11.8 Å². The van der Waals surface area contributed by atoms with Crippen LogP contribution in [0.4, 0.5) is 5.00 Å². The first-order valence-electron chi connectivity index (χ1n) is 12.3. The topological polar surface area (TPSA) is 41.6 Å². The van der Waals surface area contributed by atoms with Crippen LogP contribution in [-0.2, 0) is 4.74 Å². The zero-order valence-corrected chi connectivity index (χ0v) is 21.3. The van der Waals surface area contributed by atoms with E-state index in [1.807, 2.05) is 54.6 Å². The molecule has 1 N–H and O–H groups in total. The molecule has 35 heavy (non-hydrogen) atoms. The lowest BCUT2D eigenvalue weighted by molar-refractivity contribution is 0.0947. The van der Waals surface area contributed by atoms with E-state index in [9.17, 15) is 4.79 Å². The summed E-state index contributed by atoms with van der Waals surface area (Å²) in [5, 5.41) is 4.83. The van der Waals surface area contributed by atoms with E-state index >= 15 is 0 Å². The molecule has 1 aliphatic carbocycles. The fourth-order valence-corrected chi connectivity index (χ4v) is 5.72. The summed E-state index contributed by atoms with van der Waals surface area (Å²) in [6, 6.07) is 17.8. The average Bonchev–Trinajstić information content (AvgIpc) is 3.24. The molecular formula is C29H29ClN2O2S. The highest BCUT2D eigenvalue weighted by molar-refractivity contribution is 7.18. The lowest BCUT2D eigenvalue weighted by Gasteiger charge is -2.28. The van der Waals surface area contributed by atoms with Gasteiger partial charge in [0.25, 0.3) is 5.91 Å². The number of ether oxygens (including phenoxy) is 1. The fourth-order valence-electron chi connectivity index (χ4n) is 4.31. The van der Waals surface area contributed by atoms with Crippen LogP contribution in [0.5, 0.6) is 0 Å². The zero-order valence-electron chi connectivity index (χ0n) is 19.7. The Hall–Kier alpha value is -2.78. The van der Waals surface area contributed by atoms with Gasteiger partial charge in [-0.05, 0) is 29.8 Å². The Morgan fingerprint density at radius 1 is 0.943 bits per heavy atom. The zero-order chi connectivity index (χ0) is 24.0. The maximum Gasteiger partial charge on any atom is 0.261 e. The van der Waals surface area contributed by atoms with Gasteiger partial charge in [0, 0.05) is 41.7 Å². The summed E-state index contributed by atoms with van der Waals surface area (Å²) in [5.41, 5.74) is 4.07. The number of fused-ring (bicyclic) bond motifs is 1. The third kappa shape index (κ3) is 5.56. The van der Waals surface area contributed by atoms with Crippen LogP contribution < -0.4 is 10.2 Å². The molecule has 0 spiro atoms. The van der Waals surface area contributed by atoms with E-state index in [2.05, 4.69) is 22.1 Å². The number of nitrogens with zero attached hydrogens (tertiary/aromatic N) is 1. The third-order valence-corrected chi connectivity index (χ3v) is 8.14. The number of hydrogen-bond acceptors (Lipinski definition) is 4. The van der Waals surface area contributed by atoms with E-state index in [0.717, 1.165) is 45.2 Å². The number of anilines is 1. The molecule has 0 radical (unpaired) electrons. The smallest absolute Gasteiger partial charge is 0.261 e. The average molecular weight is 505 g/mol. The van der Waals surface area contributed by atoms with Crippen LogP contribution in [0.15, 0.2) is 54.6 Å². The number of hydrogen-bond donors (Lipinski definition) is 1. The second kappa shape index (κ2) is 11.3. The number of nitrogens with one attached hydrogen (secondary N) is 1. The van der Waals surface area contributed by atoms with Crippen molar-refractivity contribution >= 4 is 33.8 Å². The number of amides is 1. The Kier molecular flexibility index (Phi) is 7.73. The largest absolute Gasteiger partial charge is 0.378 e. The highest BCUT2D eigenvalue weighted by Crippen LogP contribution is 2.44. The van der Waals surface area contributed by atoms with Gasteiger partial charge in [0.05, 0.1) is 23.7 Å². The molecule has 1 saturated heterocycles. The van der Waals surface area contributed by atoms with Gasteiger partial charge >= 0.3 is 0 Å². The quantitative estimate of drug-likeness (QED) is 0.430. The monoisotopic (exact) mass is 504 g/mol. The molecule has 2 aliphatic heterocycles. The summed E-state index contributed by atoms with van der Waals surface area (Å²) in [5.74, 6) is 6.77. The first-order valence-corrected chi connectivity index (χ1v) is 13.5. The van der Waals surface area contributed by atoms with E-state index in [4.69, 9.17) is 16.3 Å². The van der Waals surface area contributed by atoms with Crippen LogP contribution in [0.1, 0.15) is 63.5 Å². The van der Waals surface area contributed by atoms with Gasteiger partial charge in [-0.2, -0.15) is 0 Å². The van der Waals surface area contributed by atoms with Crippen LogP contribution in [0.3, 0.4) is 0 Å². The maximum absolute atomic E-state index is 12.8. The van der Waals surface area contributed by atoms with Crippen molar-refractivity contribution in [2.75, 3.05) is 37.7 Å². The molecule has 3 aliphatic rings. The number of thiophene rings is 1. The normalized spacial score (nSPS) is 18.7. The van der Waals surface area contributed by atoms with Crippen molar-refractivity contribution in [2.45, 2.75) is 31.6 Å². The summed E-state index contributed by atoms with van der Waals surface area (Å²) >= 11 is 7.66. The molecule has 0 bridgehead atoms. The molecule has 1 amide bonds. The Labute approximate surface area is 216 Å². The van der Waals surface area contributed by atoms with Gasteiger partial charge in [-0.1, -0.05) is 79.5 Å². The van der Waals surface area contributed by atoms with Gasteiger partial charge in [-0.25, -0.2) is 0 Å². The second-order valence-electron chi connectivity index (χ2n) is 8.97. The predicted octanol–water partition coefficient (Wildman–Crippen LogP) is 6.07. The summed E-state index contributed by atoms with van der Waals surface area (Å²) in [7, 11) is 0. The van der Waals surface area contributed by atoms with Crippen molar-refractivity contribution < 1.29 is 9.53 Å². The molecule has 1 aromatic heterocycles. The van der Waals surface area contributed by atoms with Crippen molar-refractivity contribution in [2.24, 2.45) is 0 Å². The van der Waals surface area contributed by atoms with Gasteiger partial charge in [-0.15, -0.1) is 11.3 Å². The molecule has 6 heteroatoms. The van der Waals surface area contributed by atoms with Gasteiger partial charge < -0.3 is 15.0 Å². The van der Waals surface area contributed by atoms with Gasteiger partial charge in [0.1, 0.15) is 5.00 Å². The Morgan fingerprint density at radius 3 is 2.29 bits per heavy atom. The third-order valence-electron chi connectivity index (χ3n) is 6.62. The minimum atomic E-state index is -0.0208. The van der Waals surface area contributed by atoms with Crippen LogP contribution in [-0.4, -0.2) is 38.8 Å². The molecule has 1 atom stereocenters. The van der Waals surface area contributed by atoms with Crippen LogP contribution in [0.2, 0.25) is 5.02 Å². The number of rotatable bonds is 2. The van der Waals surface area contributed by atoms with Crippen molar-refractivity contribution in [3.63, 3.8) is 0 Å². The van der Waals surface area contributed by atoms with E-state index in [1.54, 1.807) is 11.3 Å². The fraction of sp³-hybridized carbons (Fsp3) is 0.345. The summed E-state index contributed by atoms with van der Waals surface area (Å²) < 4.78 is 5.55. The van der Waals surface area contributed by atoms with E-state index in [0.29, 0.717) is 24.8 Å². The summed E-state index contributed by atoms with van der Waals surface area (Å²) in [6.45, 7) is 3.51. The Balaban J connectivity index is 0.000000577. The number of morpholine rings is 1. The lowest BCUT2D eigenvalue weighted by atomic mass is 9.86. The molecule has 3 aromatic rings. The second-order valence-corrected chi connectivity index (χ2v) is 10.4. The SMILES string of the molecule is C1CCC1.O=C1NCC(c2ccc(Cl)cc2)c2c1sc(N1CCOCC1)c2C#Cc1ccccc1. The minimum absolute atomic E-state index is 0.0208. The van der Waals surface area contributed by atoms with Crippen molar-refractivity contribution in [3.05, 3.63) is 86.8 Å². The van der Waals surface area contributed by atoms with Gasteiger partial charge in [0.2, 0.25) is 0 Å². The molecular weight excluding hydrogens is 476 g/mol. The maximum atomic E-state index is 12.8. The molecule has 4 nitrogen and oxygen atoms in total. The lowest BCUT2D eigenvalue weighted by Crippen LogP contribution is -2.36. The Morgan fingerprint density at radius 2 is 1.63 bits per heavy atom. The molecule has 180 valence electrons. The standard InChI is InChI=1S/C25H21ClN2O2S.C4H8/c26-19-9-7-18(8-10-19)21-16-27-24(29)23-22(21)20(11-6-17-4-2-1-3-5-17)25(31-23)28-12-14-30-15-13-28;1-2-4-3-1/h1-5,7-10,21H,12-16H2,(H,27,29);1-4H2. The molecule has 2 aromatic carbocycles. The van der Waals surface area contributed by atoms with Crippen molar-refractivity contribution in [1.82, 2.24) is 5.32 Å². The molecule has 1 unspecified atom stereocenters. The van der Waals surface area contributed by atoms with Crippen LogP contribution in [0.25, 0.3) is 0 Å². The summed E-state index contributed by atoms with van der Waals surface area (Å²) in [6.07, 6.45) is 6.00. The molecule has 3 heterocycles. The first kappa shape index (κ1) is 23.9. The number of carbonyl (C=O) groups excluding carboxylic acids is 1. The van der Waals surface area contributed by atoms with Gasteiger partial charge in [0.15, 0.2) is 0 Å². The highest BCUT2D eigenvalue weighted by atomic mass is 35.5. The van der Waals surface area contributed by atoms with E-state index < -0.39 is 0 Å². The highest BCUT2D eigenvalue weighted by Gasteiger charge is 2.34. The molecule has 2 fully saturated rings. The molecule has 6 rings (SSSR count). The number of carbonyl (C=O) groups is 1. The first-order chi connectivity index (χ1) is 17.2. The Bertz CT molecular complexity index is 1210. The minimum Gasteiger partial charge on any atom is -0.378 e. The summed E-state index contributed by atoms with van der Waals surface area (Å²) in [4.78, 5) is 15.9. The van der Waals surface area contributed by atoms with E-state index in [1.165, 1.54) is 25.7 Å². The van der Waals surface area contributed by atoms with Crippen molar-refractivity contribution in [1.29, 1.82) is 0 Å². The van der Waals surface area contributed by atoms with Crippen LogP contribution in [0, 0.1) is 11.8 Å². The van der Waals surface area contributed by atoms with Crippen LogP contribution >= 0.6 is 22.9 Å². The van der Waals surface area contributed by atoms with Gasteiger partial charge in [-0.3, -0.25) is 4.79 Å². The predicted molar refractivity (Wildman–Crippen MR) is 144 cm³/mol. The van der Waals surface area contributed by atoms with E-state index in [-0.39, 0.29) is 11.8 Å². The number of halogens is 1. The number of benzene rings is 2. The molecule has 1 saturated carbocycles.